The van der Waals surface area contributed by atoms with Crippen LogP contribution in [0, 0.1) is 0 Å². The molecule has 4 nitrogen and oxygen atoms in total. The molecule has 0 spiro atoms. The summed E-state index contributed by atoms with van der Waals surface area (Å²) in [6.45, 7) is 7.09. The van der Waals surface area contributed by atoms with Gasteiger partial charge in [0.25, 0.3) is 0 Å². The maximum Gasteiger partial charge on any atom is 0.221 e. The van der Waals surface area contributed by atoms with E-state index >= 15 is 0 Å². The predicted molar refractivity (Wildman–Crippen MR) is 71.0 cm³/mol. The van der Waals surface area contributed by atoms with Crippen molar-refractivity contribution >= 4 is 5.91 Å². The Morgan fingerprint density at radius 1 is 1.24 bits per heavy atom. The number of likely N-dealkylation sites (tertiary alicyclic amines) is 1. The summed E-state index contributed by atoms with van der Waals surface area (Å²) < 4.78 is 0. The summed E-state index contributed by atoms with van der Waals surface area (Å²) in [4.78, 5) is 14.0. The second-order valence-corrected chi connectivity index (χ2v) is 5.07. The number of nitrogens with zero attached hydrogens (tertiary/aromatic N) is 1. The van der Waals surface area contributed by atoms with Gasteiger partial charge in [0.2, 0.25) is 5.91 Å². The van der Waals surface area contributed by atoms with Gasteiger partial charge in [0.1, 0.15) is 0 Å². The summed E-state index contributed by atoms with van der Waals surface area (Å²) in [6, 6.07) is 1.32. The van der Waals surface area contributed by atoms with Gasteiger partial charge in [0.05, 0.1) is 0 Å². The lowest BCUT2D eigenvalue weighted by atomic mass is 9.98. The van der Waals surface area contributed by atoms with Gasteiger partial charge in [-0.25, -0.2) is 0 Å². The molecule has 0 aromatic carbocycles. The van der Waals surface area contributed by atoms with Crippen LogP contribution in [0.15, 0.2) is 0 Å². The van der Waals surface area contributed by atoms with Crippen LogP contribution in [0.2, 0.25) is 0 Å². The number of nitrogens with one attached hydrogen (secondary N) is 2. The first kappa shape index (κ1) is 14.5. The number of piperidine rings is 1. The Morgan fingerprint density at radius 3 is 2.47 bits per heavy atom. The van der Waals surface area contributed by atoms with E-state index in [-0.39, 0.29) is 5.91 Å². The van der Waals surface area contributed by atoms with Crippen LogP contribution in [0.3, 0.4) is 0 Å². The Kier molecular flexibility index (Phi) is 6.52. The van der Waals surface area contributed by atoms with Crippen molar-refractivity contribution in [2.24, 2.45) is 0 Å². The SMILES string of the molecule is CNCCC(=O)NCCN1C(C)CCCC1C. The summed E-state index contributed by atoms with van der Waals surface area (Å²) in [6.07, 6.45) is 4.49. The first-order valence-corrected chi connectivity index (χ1v) is 6.82. The largest absolute Gasteiger partial charge is 0.355 e. The van der Waals surface area contributed by atoms with Crippen LogP contribution in [0.25, 0.3) is 0 Å². The molecule has 1 aliphatic heterocycles. The minimum absolute atomic E-state index is 0.150. The maximum atomic E-state index is 11.4. The molecule has 4 heteroatoms. The molecular weight excluding hydrogens is 214 g/mol. The molecule has 1 heterocycles. The number of amides is 1. The lowest BCUT2D eigenvalue weighted by molar-refractivity contribution is -0.121. The zero-order valence-electron chi connectivity index (χ0n) is 11.5. The van der Waals surface area contributed by atoms with E-state index in [1.165, 1.54) is 19.3 Å². The Labute approximate surface area is 105 Å². The average Bonchev–Trinajstić information content (AvgIpc) is 2.30. The third kappa shape index (κ3) is 5.04. The van der Waals surface area contributed by atoms with E-state index in [2.05, 4.69) is 29.4 Å². The lowest BCUT2D eigenvalue weighted by Gasteiger charge is -2.39. The first-order valence-electron chi connectivity index (χ1n) is 6.82. The fourth-order valence-electron chi connectivity index (χ4n) is 2.57. The van der Waals surface area contributed by atoms with E-state index < -0.39 is 0 Å². The Hall–Kier alpha value is -0.610. The molecule has 17 heavy (non-hydrogen) atoms. The molecular formula is C13H27N3O. The standard InChI is InChI=1S/C13H27N3O/c1-11-5-4-6-12(2)16(11)10-9-15-13(17)7-8-14-3/h11-12,14H,4-10H2,1-3H3,(H,15,17). The van der Waals surface area contributed by atoms with E-state index in [0.717, 1.165) is 19.6 Å². The van der Waals surface area contributed by atoms with Crippen molar-refractivity contribution in [2.75, 3.05) is 26.7 Å². The summed E-state index contributed by atoms with van der Waals surface area (Å²) in [5.41, 5.74) is 0. The highest BCUT2D eigenvalue weighted by atomic mass is 16.1. The zero-order chi connectivity index (χ0) is 12.7. The van der Waals surface area contributed by atoms with Gasteiger partial charge in [-0.15, -0.1) is 0 Å². The predicted octanol–water partition coefficient (Wildman–Crippen LogP) is 0.975. The molecule has 0 saturated carbocycles. The molecule has 0 aliphatic carbocycles. The second kappa shape index (κ2) is 7.67. The lowest BCUT2D eigenvalue weighted by Crippen LogP contribution is -2.47. The molecule has 1 fully saturated rings. The van der Waals surface area contributed by atoms with Crippen molar-refractivity contribution in [3.05, 3.63) is 0 Å². The highest BCUT2D eigenvalue weighted by Crippen LogP contribution is 2.21. The number of hydrogen-bond donors (Lipinski definition) is 2. The van der Waals surface area contributed by atoms with Crippen LogP contribution >= 0.6 is 0 Å². The average molecular weight is 241 g/mol. The monoisotopic (exact) mass is 241 g/mol. The first-order chi connectivity index (χ1) is 8.15. The van der Waals surface area contributed by atoms with Crippen molar-refractivity contribution in [1.82, 2.24) is 15.5 Å². The van der Waals surface area contributed by atoms with E-state index in [1.807, 2.05) is 7.05 Å². The summed E-state index contributed by atoms with van der Waals surface area (Å²) >= 11 is 0. The number of hydrogen-bond acceptors (Lipinski definition) is 3. The highest BCUT2D eigenvalue weighted by molar-refractivity contribution is 5.76. The van der Waals surface area contributed by atoms with Crippen molar-refractivity contribution in [3.8, 4) is 0 Å². The topological polar surface area (TPSA) is 44.4 Å². The van der Waals surface area contributed by atoms with Gasteiger partial charge in [0, 0.05) is 38.1 Å². The third-order valence-electron chi connectivity index (χ3n) is 3.67. The molecule has 1 rings (SSSR count). The van der Waals surface area contributed by atoms with Gasteiger partial charge in [-0.05, 0) is 33.7 Å². The third-order valence-corrected chi connectivity index (χ3v) is 3.67. The van der Waals surface area contributed by atoms with Crippen molar-refractivity contribution in [1.29, 1.82) is 0 Å². The van der Waals surface area contributed by atoms with Crippen LogP contribution in [-0.4, -0.2) is 49.6 Å². The molecule has 2 atom stereocenters. The van der Waals surface area contributed by atoms with Gasteiger partial charge < -0.3 is 10.6 Å². The Balaban J connectivity index is 2.18. The van der Waals surface area contributed by atoms with E-state index in [4.69, 9.17) is 0 Å². The van der Waals surface area contributed by atoms with Gasteiger partial charge in [0.15, 0.2) is 0 Å². The zero-order valence-corrected chi connectivity index (χ0v) is 11.5. The molecule has 0 bridgehead atoms. The van der Waals surface area contributed by atoms with Gasteiger partial charge >= 0.3 is 0 Å². The van der Waals surface area contributed by atoms with Crippen LogP contribution in [0.5, 0.6) is 0 Å². The molecule has 0 radical (unpaired) electrons. The van der Waals surface area contributed by atoms with Gasteiger partial charge in [-0.2, -0.15) is 0 Å². The fraction of sp³-hybridized carbons (Fsp3) is 0.923. The fourth-order valence-corrected chi connectivity index (χ4v) is 2.57. The van der Waals surface area contributed by atoms with E-state index in [0.29, 0.717) is 18.5 Å². The minimum Gasteiger partial charge on any atom is -0.355 e. The van der Waals surface area contributed by atoms with Crippen molar-refractivity contribution in [3.63, 3.8) is 0 Å². The smallest absolute Gasteiger partial charge is 0.221 e. The van der Waals surface area contributed by atoms with Gasteiger partial charge in [-0.1, -0.05) is 6.42 Å². The number of rotatable bonds is 6. The molecule has 2 unspecified atom stereocenters. The normalized spacial score (nSPS) is 25.8. The second-order valence-electron chi connectivity index (χ2n) is 5.07. The van der Waals surface area contributed by atoms with Crippen LogP contribution in [-0.2, 0) is 4.79 Å². The van der Waals surface area contributed by atoms with Gasteiger partial charge in [-0.3, -0.25) is 9.69 Å². The summed E-state index contributed by atoms with van der Waals surface area (Å²) in [5, 5.41) is 5.97. The quantitative estimate of drug-likeness (QED) is 0.728. The molecule has 100 valence electrons. The van der Waals surface area contributed by atoms with Crippen LogP contribution < -0.4 is 10.6 Å². The Morgan fingerprint density at radius 2 is 1.88 bits per heavy atom. The van der Waals surface area contributed by atoms with Crippen molar-refractivity contribution in [2.45, 2.75) is 51.6 Å². The number of carbonyl (C=O) groups is 1. The van der Waals surface area contributed by atoms with Crippen molar-refractivity contribution < 1.29 is 4.79 Å². The molecule has 1 aliphatic rings. The van der Waals surface area contributed by atoms with E-state index in [1.54, 1.807) is 0 Å². The summed E-state index contributed by atoms with van der Waals surface area (Å²) in [7, 11) is 1.87. The highest BCUT2D eigenvalue weighted by Gasteiger charge is 2.23. The molecule has 0 aromatic heterocycles. The molecule has 0 aromatic rings. The Bertz CT molecular complexity index is 223. The molecule has 1 amide bonds. The number of carbonyl (C=O) groups excluding carboxylic acids is 1. The summed E-state index contributed by atoms with van der Waals surface area (Å²) in [5.74, 6) is 0.150. The molecule has 2 N–H and O–H groups in total. The molecule has 1 saturated heterocycles. The maximum absolute atomic E-state index is 11.4. The minimum atomic E-state index is 0.150. The van der Waals surface area contributed by atoms with Crippen LogP contribution in [0.1, 0.15) is 39.5 Å². The van der Waals surface area contributed by atoms with E-state index in [9.17, 15) is 4.79 Å². The van der Waals surface area contributed by atoms with Crippen LogP contribution in [0.4, 0.5) is 0 Å².